The highest BCUT2D eigenvalue weighted by Gasteiger charge is 2.29. The molecule has 0 unspecified atom stereocenters. The number of morpholine rings is 1. The number of nitrogens with one attached hydrogen (secondary N) is 1. The van der Waals surface area contributed by atoms with Crippen molar-refractivity contribution in [1.29, 1.82) is 0 Å². The van der Waals surface area contributed by atoms with Crippen molar-refractivity contribution < 1.29 is 19.0 Å². The maximum Gasteiger partial charge on any atom is 0.241 e. The number of amides is 1. The minimum atomic E-state index is -0.285. The van der Waals surface area contributed by atoms with Crippen LogP contribution < -0.4 is 14.8 Å². The van der Waals surface area contributed by atoms with Crippen molar-refractivity contribution >= 4 is 23.2 Å². The molecule has 0 spiro atoms. The minimum absolute atomic E-state index is 0.0616. The Labute approximate surface area is 169 Å². The van der Waals surface area contributed by atoms with Crippen LogP contribution in [0.25, 0.3) is 0 Å². The molecule has 1 fully saturated rings. The van der Waals surface area contributed by atoms with E-state index in [1.807, 2.05) is 43.3 Å². The van der Waals surface area contributed by atoms with Crippen molar-refractivity contribution in [3.8, 4) is 11.5 Å². The fourth-order valence-electron chi connectivity index (χ4n) is 3.43. The summed E-state index contributed by atoms with van der Waals surface area (Å²) in [7, 11) is 0. The highest BCUT2D eigenvalue weighted by atomic mass is 35.5. The number of carbonyl (C=O) groups excluding carboxylic acids is 1. The maximum atomic E-state index is 12.8. The molecule has 2 aliphatic rings. The number of benzene rings is 2. The van der Waals surface area contributed by atoms with E-state index in [4.69, 9.17) is 25.8 Å². The lowest BCUT2D eigenvalue weighted by atomic mass is 10.1. The van der Waals surface area contributed by atoms with Crippen molar-refractivity contribution in [2.45, 2.75) is 19.1 Å². The number of ether oxygens (including phenoxy) is 3. The molecule has 4 rings (SSSR count). The molecule has 2 atom stereocenters. The molecule has 148 valence electrons. The van der Waals surface area contributed by atoms with Gasteiger partial charge in [0.25, 0.3) is 0 Å². The average molecular weight is 403 g/mol. The van der Waals surface area contributed by atoms with Crippen molar-refractivity contribution in [3.63, 3.8) is 0 Å². The molecule has 2 heterocycles. The summed E-state index contributed by atoms with van der Waals surface area (Å²) >= 11 is 5.97. The summed E-state index contributed by atoms with van der Waals surface area (Å²) < 4.78 is 17.0. The third kappa shape index (κ3) is 4.24. The zero-order valence-electron chi connectivity index (χ0n) is 15.7. The summed E-state index contributed by atoms with van der Waals surface area (Å²) in [5.74, 6) is 1.30. The van der Waals surface area contributed by atoms with Gasteiger partial charge in [0.05, 0.1) is 18.8 Å². The van der Waals surface area contributed by atoms with E-state index in [1.54, 1.807) is 6.07 Å². The fraction of sp³-hybridized carbons (Fsp3) is 0.381. The Hall–Kier alpha value is -2.28. The topological polar surface area (TPSA) is 60.0 Å². The van der Waals surface area contributed by atoms with Gasteiger partial charge in [0.2, 0.25) is 5.91 Å². The summed E-state index contributed by atoms with van der Waals surface area (Å²) in [6.45, 7) is 4.91. The maximum absolute atomic E-state index is 12.8. The first-order valence-corrected chi connectivity index (χ1v) is 9.79. The molecule has 6 nitrogen and oxygen atoms in total. The summed E-state index contributed by atoms with van der Waals surface area (Å²) in [5, 5.41) is 3.67. The lowest BCUT2D eigenvalue weighted by Crippen LogP contribution is -2.48. The quantitative estimate of drug-likeness (QED) is 0.848. The summed E-state index contributed by atoms with van der Waals surface area (Å²) in [6.07, 6.45) is -0.0736. The summed E-state index contributed by atoms with van der Waals surface area (Å²) in [5.41, 5.74) is 1.76. The SMILES string of the molecule is C[C@H](C(=O)Nc1ccc2c(c1)OCCO2)N1CCO[C@H](c2ccc(Cl)cc2)C1. The standard InChI is InChI=1S/C21H23ClN2O4/c1-14(21(25)23-17-6-7-18-19(12-17)28-11-10-27-18)24-8-9-26-20(13-24)15-2-4-16(22)5-3-15/h2-7,12,14,20H,8-11,13H2,1H3,(H,23,25)/t14-,20+/m1/s1. The van der Waals surface area contributed by atoms with Gasteiger partial charge >= 0.3 is 0 Å². The van der Waals surface area contributed by atoms with Crippen LogP contribution in [0, 0.1) is 0 Å². The highest BCUT2D eigenvalue weighted by molar-refractivity contribution is 6.30. The van der Waals surface area contributed by atoms with Crippen LogP contribution in [-0.2, 0) is 9.53 Å². The molecule has 1 saturated heterocycles. The van der Waals surface area contributed by atoms with Crippen LogP contribution in [0.2, 0.25) is 5.02 Å². The first-order valence-electron chi connectivity index (χ1n) is 9.42. The van der Waals surface area contributed by atoms with Gasteiger partial charge in [-0.3, -0.25) is 9.69 Å². The van der Waals surface area contributed by atoms with E-state index >= 15 is 0 Å². The third-order valence-electron chi connectivity index (χ3n) is 5.08. The first kappa shape index (κ1) is 19.1. The smallest absolute Gasteiger partial charge is 0.241 e. The van der Waals surface area contributed by atoms with Crippen molar-refractivity contribution in [3.05, 3.63) is 53.1 Å². The number of hydrogen-bond acceptors (Lipinski definition) is 5. The van der Waals surface area contributed by atoms with E-state index < -0.39 is 0 Å². The summed E-state index contributed by atoms with van der Waals surface area (Å²) in [4.78, 5) is 14.9. The molecular formula is C21H23ClN2O4. The van der Waals surface area contributed by atoms with E-state index in [-0.39, 0.29) is 18.1 Å². The Morgan fingerprint density at radius 2 is 1.86 bits per heavy atom. The predicted octanol–water partition coefficient (Wildman–Crippen LogP) is 3.51. The Bertz CT molecular complexity index is 843. The molecular weight excluding hydrogens is 380 g/mol. The number of nitrogens with zero attached hydrogens (tertiary/aromatic N) is 1. The average Bonchev–Trinajstić information content (AvgIpc) is 2.73. The van der Waals surface area contributed by atoms with Crippen molar-refractivity contribution in [1.82, 2.24) is 4.90 Å². The molecule has 7 heteroatoms. The summed E-state index contributed by atoms with van der Waals surface area (Å²) in [6, 6.07) is 12.8. The zero-order valence-corrected chi connectivity index (χ0v) is 16.4. The Morgan fingerprint density at radius 3 is 2.64 bits per heavy atom. The second-order valence-electron chi connectivity index (χ2n) is 6.93. The lowest BCUT2D eigenvalue weighted by molar-refractivity contribution is -0.124. The zero-order chi connectivity index (χ0) is 19.5. The van der Waals surface area contributed by atoms with E-state index in [2.05, 4.69) is 10.2 Å². The van der Waals surface area contributed by atoms with Gasteiger partial charge in [0, 0.05) is 29.9 Å². The van der Waals surface area contributed by atoms with Crippen molar-refractivity contribution in [2.24, 2.45) is 0 Å². The predicted molar refractivity (Wildman–Crippen MR) is 107 cm³/mol. The fourth-order valence-corrected chi connectivity index (χ4v) is 3.56. The largest absolute Gasteiger partial charge is 0.486 e. The van der Waals surface area contributed by atoms with E-state index in [9.17, 15) is 4.79 Å². The van der Waals surface area contributed by atoms with Crippen LogP contribution in [0.4, 0.5) is 5.69 Å². The number of fused-ring (bicyclic) bond motifs is 1. The number of carbonyl (C=O) groups is 1. The van der Waals surface area contributed by atoms with Gasteiger partial charge in [-0.05, 0) is 36.8 Å². The van der Waals surface area contributed by atoms with E-state index in [0.717, 1.165) is 5.56 Å². The van der Waals surface area contributed by atoms with Crippen LogP contribution in [0.15, 0.2) is 42.5 Å². The monoisotopic (exact) mass is 402 g/mol. The van der Waals surface area contributed by atoms with E-state index in [1.165, 1.54) is 0 Å². The van der Waals surface area contributed by atoms with Gasteiger partial charge in [-0.25, -0.2) is 0 Å². The van der Waals surface area contributed by atoms with Gasteiger partial charge in [-0.2, -0.15) is 0 Å². The lowest BCUT2D eigenvalue weighted by Gasteiger charge is -2.36. The number of hydrogen-bond donors (Lipinski definition) is 1. The van der Waals surface area contributed by atoms with Gasteiger partial charge < -0.3 is 19.5 Å². The molecule has 2 aliphatic heterocycles. The van der Waals surface area contributed by atoms with Gasteiger partial charge in [-0.1, -0.05) is 23.7 Å². The molecule has 1 amide bonds. The molecule has 0 radical (unpaired) electrons. The molecule has 28 heavy (non-hydrogen) atoms. The van der Waals surface area contributed by atoms with Crippen LogP contribution in [0.5, 0.6) is 11.5 Å². The van der Waals surface area contributed by atoms with Gasteiger partial charge in [0.15, 0.2) is 11.5 Å². The van der Waals surface area contributed by atoms with Crippen molar-refractivity contribution in [2.75, 3.05) is 38.2 Å². The first-order chi connectivity index (χ1) is 13.6. The Balaban J connectivity index is 1.39. The second-order valence-corrected chi connectivity index (χ2v) is 7.37. The molecule has 0 saturated carbocycles. The normalized spacial score (nSPS) is 20.4. The Kier molecular flexibility index (Phi) is 5.71. The Morgan fingerprint density at radius 1 is 1.11 bits per heavy atom. The second kappa shape index (κ2) is 8.39. The van der Waals surface area contributed by atoms with Crippen LogP contribution in [0.1, 0.15) is 18.6 Å². The third-order valence-corrected chi connectivity index (χ3v) is 5.33. The molecule has 2 aromatic carbocycles. The highest BCUT2D eigenvalue weighted by Crippen LogP contribution is 2.33. The molecule has 0 aromatic heterocycles. The van der Waals surface area contributed by atoms with E-state index in [0.29, 0.717) is 55.1 Å². The molecule has 1 N–H and O–H groups in total. The van der Waals surface area contributed by atoms with Gasteiger partial charge in [-0.15, -0.1) is 0 Å². The number of halogens is 1. The number of anilines is 1. The van der Waals surface area contributed by atoms with Gasteiger partial charge in [0.1, 0.15) is 13.2 Å². The van der Waals surface area contributed by atoms with Crippen LogP contribution in [0.3, 0.4) is 0 Å². The van der Waals surface area contributed by atoms with Crippen LogP contribution in [-0.4, -0.2) is 49.8 Å². The van der Waals surface area contributed by atoms with Crippen LogP contribution >= 0.6 is 11.6 Å². The molecule has 2 aromatic rings. The number of rotatable bonds is 4. The minimum Gasteiger partial charge on any atom is -0.486 e. The molecule has 0 bridgehead atoms. The molecule has 0 aliphatic carbocycles.